The molecule has 23 heavy (non-hydrogen) atoms. The highest BCUT2D eigenvalue weighted by molar-refractivity contribution is 9.10. The van der Waals surface area contributed by atoms with Gasteiger partial charge in [0.05, 0.1) is 13.2 Å². The first-order chi connectivity index (χ1) is 11.2. The van der Waals surface area contributed by atoms with E-state index in [1.54, 1.807) is 7.11 Å². The van der Waals surface area contributed by atoms with E-state index < -0.39 is 0 Å². The van der Waals surface area contributed by atoms with Crippen molar-refractivity contribution < 1.29 is 9.53 Å². The van der Waals surface area contributed by atoms with Crippen molar-refractivity contribution in [1.82, 2.24) is 4.90 Å². The van der Waals surface area contributed by atoms with E-state index in [1.807, 2.05) is 6.07 Å². The summed E-state index contributed by atoms with van der Waals surface area (Å²) in [5.41, 5.74) is 3.80. The number of hydrogen-bond acceptors (Lipinski definition) is 2. The molecular weight excluding hydrogens is 354 g/mol. The molecule has 118 valence electrons. The van der Waals surface area contributed by atoms with E-state index in [4.69, 9.17) is 4.74 Å². The van der Waals surface area contributed by atoms with Crippen LogP contribution in [0.3, 0.4) is 0 Å². The van der Waals surface area contributed by atoms with Crippen molar-refractivity contribution in [3.63, 3.8) is 0 Å². The number of hydrogen-bond donors (Lipinski definition) is 0. The maximum absolute atomic E-state index is 12.3. The van der Waals surface area contributed by atoms with Gasteiger partial charge >= 0.3 is 0 Å². The molecule has 2 aromatic carbocycles. The van der Waals surface area contributed by atoms with Gasteiger partial charge in [0.15, 0.2) is 0 Å². The van der Waals surface area contributed by atoms with Gasteiger partial charge in [0.1, 0.15) is 5.75 Å². The number of rotatable bonds is 2. The minimum absolute atomic E-state index is 0.200. The van der Waals surface area contributed by atoms with Gasteiger partial charge < -0.3 is 9.64 Å². The fourth-order valence-electron chi connectivity index (χ4n) is 3.85. The minimum atomic E-state index is 0.200. The van der Waals surface area contributed by atoms with E-state index in [2.05, 4.69) is 57.2 Å². The van der Waals surface area contributed by atoms with Crippen molar-refractivity contribution in [2.75, 3.05) is 13.7 Å². The van der Waals surface area contributed by atoms with Crippen LogP contribution in [0.25, 0.3) is 0 Å². The Morgan fingerprint density at radius 1 is 1.13 bits per heavy atom. The summed E-state index contributed by atoms with van der Waals surface area (Å²) in [4.78, 5) is 14.3. The van der Waals surface area contributed by atoms with Gasteiger partial charge in [-0.25, -0.2) is 0 Å². The quantitative estimate of drug-likeness (QED) is 0.788. The zero-order valence-corrected chi connectivity index (χ0v) is 14.5. The molecule has 0 radical (unpaired) electrons. The number of methoxy groups -OCH3 is 1. The lowest BCUT2D eigenvalue weighted by Gasteiger charge is -2.37. The Morgan fingerprint density at radius 3 is 2.65 bits per heavy atom. The zero-order valence-electron chi connectivity index (χ0n) is 13.0. The van der Waals surface area contributed by atoms with Gasteiger partial charge in [0, 0.05) is 23.4 Å². The Kier molecular flexibility index (Phi) is 3.64. The summed E-state index contributed by atoms with van der Waals surface area (Å²) in [6.45, 7) is 0.755. The first kappa shape index (κ1) is 14.8. The molecule has 0 saturated carbocycles. The molecule has 2 heterocycles. The summed E-state index contributed by atoms with van der Waals surface area (Å²) in [5.74, 6) is 1.36. The topological polar surface area (TPSA) is 29.5 Å². The number of nitrogens with zero attached hydrogens (tertiary/aromatic N) is 1. The van der Waals surface area contributed by atoms with Gasteiger partial charge in [0.2, 0.25) is 5.91 Å². The predicted molar refractivity (Wildman–Crippen MR) is 92.7 cm³/mol. The average Bonchev–Trinajstić information content (AvgIpc) is 2.95. The standard InChI is InChI=1S/C19H18BrNO2/c1-23-14-6-7-15-16(10-14)17(12-2-4-13(20)5-3-12)11-21-18(15)8-9-19(21)22/h2-7,10,17-18H,8-9,11H2,1H3/t17-,18-/m1/s1. The first-order valence-corrected chi connectivity index (χ1v) is 8.69. The fourth-order valence-corrected chi connectivity index (χ4v) is 4.11. The van der Waals surface area contributed by atoms with Crippen LogP contribution in [0.15, 0.2) is 46.9 Å². The van der Waals surface area contributed by atoms with E-state index in [1.165, 1.54) is 16.7 Å². The lowest BCUT2D eigenvalue weighted by molar-refractivity contribution is -0.129. The van der Waals surface area contributed by atoms with Gasteiger partial charge in [-0.3, -0.25) is 4.79 Å². The van der Waals surface area contributed by atoms with E-state index >= 15 is 0 Å². The van der Waals surface area contributed by atoms with Gasteiger partial charge in [0.25, 0.3) is 0 Å². The lowest BCUT2D eigenvalue weighted by Crippen LogP contribution is -2.37. The molecule has 3 nitrogen and oxygen atoms in total. The second kappa shape index (κ2) is 5.68. The van der Waals surface area contributed by atoms with Crippen LogP contribution in [0.5, 0.6) is 5.75 Å². The van der Waals surface area contributed by atoms with Gasteiger partial charge in [-0.05, 0) is 47.4 Å². The number of amides is 1. The van der Waals surface area contributed by atoms with E-state index in [0.717, 1.165) is 23.2 Å². The molecule has 1 fully saturated rings. The molecule has 2 aliphatic rings. The molecule has 2 aromatic rings. The van der Waals surface area contributed by atoms with E-state index in [0.29, 0.717) is 6.42 Å². The Morgan fingerprint density at radius 2 is 1.91 bits per heavy atom. The number of carbonyl (C=O) groups excluding carboxylic acids is 1. The third-order valence-electron chi connectivity index (χ3n) is 5.01. The fraction of sp³-hybridized carbons (Fsp3) is 0.316. The van der Waals surface area contributed by atoms with Crippen LogP contribution in [0, 0.1) is 0 Å². The van der Waals surface area contributed by atoms with Crippen molar-refractivity contribution in [3.05, 3.63) is 63.6 Å². The summed E-state index contributed by atoms with van der Waals surface area (Å²) in [7, 11) is 1.70. The highest BCUT2D eigenvalue weighted by Crippen LogP contribution is 2.45. The highest BCUT2D eigenvalue weighted by atomic mass is 79.9. The molecule has 0 aromatic heterocycles. The maximum Gasteiger partial charge on any atom is 0.223 e. The first-order valence-electron chi connectivity index (χ1n) is 7.90. The molecule has 1 saturated heterocycles. The van der Waals surface area contributed by atoms with Crippen molar-refractivity contribution in [3.8, 4) is 5.75 Å². The Bertz CT molecular complexity index is 756. The molecule has 4 heteroatoms. The third kappa shape index (κ3) is 2.45. The largest absolute Gasteiger partial charge is 0.497 e. The van der Waals surface area contributed by atoms with Crippen LogP contribution in [0.1, 0.15) is 41.5 Å². The van der Waals surface area contributed by atoms with Crippen LogP contribution in [-0.2, 0) is 4.79 Å². The Hall–Kier alpha value is -1.81. The molecule has 0 spiro atoms. The van der Waals surface area contributed by atoms with Crippen molar-refractivity contribution in [1.29, 1.82) is 0 Å². The molecule has 0 N–H and O–H groups in total. The van der Waals surface area contributed by atoms with Crippen LogP contribution < -0.4 is 4.74 Å². The predicted octanol–water partition coefficient (Wildman–Crippen LogP) is 4.27. The summed E-state index contributed by atoms with van der Waals surface area (Å²) < 4.78 is 6.50. The van der Waals surface area contributed by atoms with Crippen LogP contribution in [0.4, 0.5) is 0 Å². The molecule has 4 rings (SSSR count). The molecule has 1 amide bonds. The smallest absolute Gasteiger partial charge is 0.223 e. The second-order valence-electron chi connectivity index (χ2n) is 6.20. The Balaban J connectivity index is 1.84. The molecule has 2 aliphatic heterocycles. The zero-order chi connectivity index (χ0) is 16.0. The van der Waals surface area contributed by atoms with Gasteiger partial charge in [-0.2, -0.15) is 0 Å². The van der Waals surface area contributed by atoms with Crippen molar-refractivity contribution in [2.45, 2.75) is 24.8 Å². The summed E-state index contributed by atoms with van der Waals surface area (Å²) >= 11 is 3.49. The SMILES string of the molecule is COc1ccc2c(c1)[C@@H](c1ccc(Br)cc1)CN1C(=O)CC[C@H]21. The van der Waals surface area contributed by atoms with Gasteiger partial charge in [-0.15, -0.1) is 0 Å². The van der Waals surface area contributed by atoms with Crippen molar-refractivity contribution >= 4 is 21.8 Å². The number of ether oxygens (including phenoxy) is 1. The number of halogens is 1. The maximum atomic E-state index is 12.3. The van der Waals surface area contributed by atoms with Gasteiger partial charge in [-0.1, -0.05) is 34.1 Å². The number of benzene rings is 2. The highest BCUT2D eigenvalue weighted by Gasteiger charge is 2.40. The number of fused-ring (bicyclic) bond motifs is 3. The minimum Gasteiger partial charge on any atom is -0.497 e. The van der Waals surface area contributed by atoms with Crippen LogP contribution in [0.2, 0.25) is 0 Å². The van der Waals surface area contributed by atoms with E-state index in [-0.39, 0.29) is 17.9 Å². The number of carbonyl (C=O) groups is 1. The van der Waals surface area contributed by atoms with Crippen LogP contribution >= 0.6 is 15.9 Å². The molecule has 0 bridgehead atoms. The molecule has 0 aliphatic carbocycles. The summed E-state index contributed by atoms with van der Waals surface area (Å²) in [5, 5.41) is 0. The summed E-state index contributed by atoms with van der Waals surface area (Å²) in [6, 6.07) is 14.9. The molecule has 2 atom stereocenters. The van der Waals surface area contributed by atoms with E-state index in [9.17, 15) is 4.79 Å². The monoisotopic (exact) mass is 371 g/mol. The van der Waals surface area contributed by atoms with Crippen molar-refractivity contribution in [2.24, 2.45) is 0 Å². The van der Waals surface area contributed by atoms with Crippen LogP contribution in [-0.4, -0.2) is 24.5 Å². The third-order valence-corrected chi connectivity index (χ3v) is 5.54. The Labute approximate surface area is 144 Å². The lowest BCUT2D eigenvalue weighted by atomic mass is 9.81. The summed E-state index contributed by atoms with van der Waals surface area (Å²) in [6.07, 6.45) is 1.58. The molecular formula is C19H18BrNO2. The average molecular weight is 372 g/mol. The molecule has 0 unspecified atom stereocenters. The second-order valence-corrected chi connectivity index (χ2v) is 7.12. The normalized spacial score (nSPS) is 22.7.